The van der Waals surface area contributed by atoms with E-state index >= 15 is 0 Å². The second-order valence-electron chi connectivity index (χ2n) is 6.03. The lowest BCUT2D eigenvalue weighted by atomic mass is 10.0. The number of hydrogen-bond donors (Lipinski definition) is 1. The van der Waals surface area contributed by atoms with E-state index in [0.29, 0.717) is 22.5 Å². The van der Waals surface area contributed by atoms with Crippen molar-refractivity contribution in [3.63, 3.8) is 0 Å². The Balaban J connectivity index is 1.86. The molecule has 1 unspecified atom stereocenters. The number of nitrogens with zero attached hydrogens (tertiary/aromatic N) is 4. The van der Waals surface area contributed by atoms with Crippen LogP contribution in [-0.2, 0) is 0 Å². The molecule has 0 saturated carbocycles. The summed E-state index contributed by atoms with van der Waals surface area (Å²) in [6, 6.07) is 20.4. The molecule has 136 valence electrons. The van der Waals surface area contributed by atoms with Gasteiger partial charge in [-0.05, 0) is 35.9 Å². The van der Waals surface area contributed by atoms with E-state index in [0.717, 1.165) is 0 Å². The predicted molar refractivity (Wildman–Crippen MR) is 101 cm³/mol. The molecule has 0 aliphatic heterocycles. The highest BCUT2D eigenvalue weighted by atomic mass is 16.3. The van der Waals surface area contributed by atoms with Crippen molar-refractivity contribution in [2.24, 2.45) is 5.73 Å². The van der Waals surface area contributed by atoms with Crippen LogP contribution in [0.25, 0.3) is 11.6 Å². The van der Waals surface area contributed by atoms with Gasteiger partial charge in [0.15, 0.2) is 11.6 Å². The van der Waals surface area contributed by atoms with Crippen LogP contribution in [0, 0.1) is 11.3 Å². The number of nitriles is 1. The summed E-state index contributed by atoms with van der Waals surface area (Å²) < 4.78 is 6.53. The van der Waals surface area contributed by atoms with Gasteiger partial charge in [-0.1, -0.05) is 36.4 Å². The summed E-state index contributed by atoms with van der Waals surface area (Å²) in [5.74, 6) is 0.518. The van der Waals surface area contributed by atoms with Gasteiger partial charge in [-0.2, -0.15) is 9.94 Å². The molecule has 7 nitrogen and oxygen atoms in total. The van der Waals surface area contributed by atoms with Gasteiger partial charge in [-0.25, -0.2) is 4.98 Å². The molecule has 0 spiro atoms. The third-order valence-electron chi connectivity index (χ3n) is 4.28. The van der Waals surface area contributed by atoms with Gasteiger partial charge in [0, 0.05) is 5.56 Å². The van der Waals surface area contributed by atoms with Crippen LogP contribution in [-0.4, -0.2) is 20.7 Å². The normalized spacial score (nSPS) is 11.7. The van der Waals surface area contributed by atoms with Gasteiger partial charge in [0.2, 0.25) is 5.82 Å². The Hall–Kier alpha value is -4.02. The maximum absolute atomic E-state index is 13.0. The molecule has 0 bridgehead atoms. The highest BCUT2D eigenvalue weighted by Gasteiger charge is 2.26. The van der Waals surface area contributed by atoms with Gasteiger partial charge in [0.25, 0.3) is 5.91 Å². The third kappa shape index (κ3) is 3.09. The van der Waals surface area contributed by atoms with E-state index in [4.69, 9.17) is 10.2 Å². The number of nitrogens with two attached hydrogens (primary N) is 1. The second-order valence-corrected chi connectivity index (χ2v) is 6.03. The molecule has 2 aromatic heterocycles. The zero-order valence-electron chi connectivity index (χ0n) is 14.7. The first-order valence-electron chi connectivity index (χ1n) is 8.54. The zero-order valence-corrected chi connectivity index (χ0v) is 14.7. The van der Waals surface area contributed by atoms with Gasteiger partial charge >= 0.3 is 0 Å². The molecule has 0 amide bonds. The van der Waals surface area contributed by atoms with Crippen molar-refractivity contribution in [2.75, 3.05) is 0 Å². The molecule has 1 atom stereocenters. The highest BCUT2D eigenvalue weighted by Crippen LogP contribution is 2.25. The SMILES string of the molecule is N#Cc1ccccc1C(N)c1nc(-c2ccco2)nn1C(=O)c1ccccc1. The highest BCUT2D eigenvalue weighted by molar-refractivity contribution is 5.95. The summed E-state index contributed by atoms with van der Waals surface area (Å²) in [6.07, 6.45) is 1.50. The molecular formula is C21H15N5O2. The van der Waals surface area contributed by atoms with Crippen LogP contribution in [0.3, 0.4) is 0 Å². The number of carbonyl (C=O) groups is 1. The Morgan fingerprint density at radius 2 is 1.82 bits per heavy atom. The smallest absolute Gasteiger partial charge is 0.279 e. The number of furan rings is 1. The Morgan fingerprint density at radius 1 is 1.07 bits per heavy atom. The fourth-order valence-electron chi connectivity index (χ4n) is 2.90. The van der Waals surface area contributed by atoms with Crippen molar-refractivity contribution in [1.82, 2.24) is 14.8 Å². The maximum Gasteiger partial charge on any atom is 0.279 e. The van der Waals surface area contributed by atoms with E-state index in [1.807, 2.05) is 6.07 Å². The van der Waals surface area contributed by atoms with Gasteiger partial charge in [0.05, 0.1) is 23.9 Å². The lowest BCUT2D eigenvalue weighted by molar-refractivity contribution is 0.0940. The molecule has 2 N–H and O–H groups in total. The van der Waals surface area contributed by atoms with Gasteiger partial charge in [0.1, 0.15) is 0 Å². The molecule has 28 heavy (non-hydrogen) atoms. The van der Waals surface area contributed by atoms with Gasteiger partial charge in [-0.3, -0.25) is 4.79 Å². The quantitative estimate of drug-likeness (QED) is 0.591. The Morgan fingerprint density at radius 3 is 2.54 bits per heavy atom. The number of aromatic nitrogens is 3. The summed E-state index contributed by atoms with van der Waals surface area (Å²) in [4.78, 5) is 17.5. The summed E-state index contributed by atoms with van der Waals surface area (Å²) in [6.45, 7) is 0. The summed E-state index contributed by atoms with van der Waals surface area (Å²) >= 11 is 0. The second kappa shape index (κ2) is 7.31. The van der Waals surface area contributed by atoms with E-state index in [9.17, 15) is 10.1 Å². The van der Waals surface area contributed by atoms with E-state index in [1.54, 1.807) is 60.7 Å². The van der Waals surface area contributed by atoms with E-state index in [1.165, 1.54) is 10.9 Å². The molecule has 2 heterocycles. The van der Waals surface area contributed by atoms with E-state index in [-0.39, 0.29) is 17.6 Å². The minimum atomic E-state index is -0.820. The Kier molecular flexibility index (Phi) is 4.54. The molecule has 7 heteroatoms. The summed E-state index contributed by atoms with van der Waals surface area (Å²) in [5.41, 5.74) is 7.84. The Labute approximate surface area is 160 Å². The molecule has 0 fully saturated rings. The number of hydrogen-bond acceptors (Lipinski definition) is 6. The molecule has 0 aliphatic carbocycles. The monoisotopic (exact) mass is 369 g/mol. The van der Waals surface area contributed by atoms with Crippen LogP contribution >= 0.6 is 0 Å². The average Bonchev–Trinajstić information content (AvgIpc) is 3.43. The molecule has 4 rings (SSSR count). The standard InChI is InChI=1S/C21H15N5O2/c22-13-15-9-4-5-10-16(15)18(23)20-24-19(17-11-6-12-28-17)25-26(20)21(27)14-7-2-1-3-8-14/h1-12,18H,23H2. The lowest BCUT2D eigenvalue weighted by Gasteiger charge is -2.13. The summed E-state index contributed by atoms with van der Waals surface area (Å²) in [5, 5.41) is 13.7. The molecule has 2 aromatic carbocycles. The molecule has 0 saturated heterocycles. The minimum absolute atomic E-state index is 0.225. The average molecular weight is 369 g/mol. The van der Waals surface area contributed by atoms with Crippen LogP contribution in [0.2, 0.25) is 0 Å². The van der Waals surface area contributed by atoms with Crippen LogP contribution in [0.5, 0.6) is 0 Å². The maximum atomic E-state index is 13.0. The van der Waals surface area contributed by atoms with E-state index < -0.39 is 6.04 Å². The van der Waals surface area contributed by atoms with Crippen LogP contribution in [0.4, 0.5) is 0 Å². The van der Waals surface area contributed by atoms with Crippen molar-refractivity contribution in [2.45, 2.75) is 6.04 Å². The Bertz CT molecular complexity index is 1160. The predicted octanol–water partition coefficient (Wildman–Crippen LogP) is 3.15. The minimum Gasteiger partial charge on any atom is -0.461 e. The molecule has 0 radical (unpaired) electrons. The first kappa shape index (κ1) is 17.4. The first-order valence-corrected chi connectivity index (χ1v) is 8.54. The van der Waals surface area contributed by atoms with Gasteiger partial charge < -0.3 is 10.2 Å². The fourth-order valence-corrected chi connectivity index (χ4v) is 2.90. The van der Waals surface area contributed by atoms with Crippen molar-refractivity contribution in [3.8, 4) is 17.7 Å². The fraction of sp³-hybridized carbons (Fsp3) is 0.0476. The summed E-state index contributed by atoms with van der Waals surface area (Å²) in [7, 11) is 0. The van der Waals surface area contributed by atoms with E-state index in [2.05, 4.69) is 16.2 Å². The van der Waals surface area contributed by atoms with Crippen molar-refractivity contribution in [1.29, 1.82) is 5.26 Å². The van der Waals surface area contributed by atoms with Gasteiger partial charge in [-0.15, -0.1) is 5.10 Å². The largest absolute Gasteiger partial charge is 0.461 e. The third-order valence-corrected chi connectivity index (χ3v) is 4.28. The lowest BCUT2D eigenvalue weighted by Crippen LogP contribution is -2.24. The number of benzene rings is 2. The first-order chi connectivity index (χ1) is 13.7. The number of carbonyl (C=O) groups excluding carboxylic acids is 1. The zero-order chi connectivity index (χ0) is 19.5. The topological polar surface area (TPSA) is 111 Å². The van der Waals surface area contributed by atoms with Crippen molar-refractivity contribution in [3.05, 3.63) is 95.5 Å². The van der Waals surface area contributed by atoms with Crippen LogP contribution in [0.15, 0.2) is 77.4 Å². The van der Waals surface area contributed by atoms with Crippen LogP contribution < -0.4 is 5.73 Å². The molecule has 4 aromatic rings. The number of rotatable bonds is 4. The van der Waals surface area contributed by atoms with Crippen molar-refractivity contribution < 1.29 is 9.21 Å². The molecular weight excluding hydrogens is 354 g/mol. The van der Waals surface area contributed by atoms with Crippen LogP contribution in [0.1, 0.15) is 33.4 Å². The van der Waals surface area contributed by atoms with Crippen molar-refractivity contribution >= 4 is 5.91 Å². The molecule has 0 aliphatic rings.